The van der Waals surface area contributed by atoms with E-state index >= 15 is 0 Å². The predicted molar refractivity (Wildman–Crippen MR) is 68.8 cm³/mol. The highest BCUT2D eigenvalue weighted by molar-refractivity contribution is 9.10. The molecular weight excluding hydrogens is 291 g/mol. The van der Waals surface area contributed by atoms with Crippen LogP contribution in [0.2, 0.25) is 5.02 Å². The summed E-state index contributed by atoms with van der Waals surface area (Å²) < 4.78 is 0.833. The summed E-state index contributed by atoms with van der Waals surface area (Å²) >= 11 is 9.37. The number of benzene rings is 1. The molecule has 0 spiro atoms. The lowest BCUT2D eigenvalue weighted by Crippen LogP contribution is -2.28. The second-order valence-electron chi connectivity index (χ2n) is 4.02. The molecule has 5 heteroatoms. The maximum Gasteiger partial charge on any atom is 0.228 e. The fraction of sp³-hybridized carbons (Fsp3) is 0.364. The molecule has 1 fully saturated rings. The maximum absolute atomic E-state index is 11.8. The Morgan fingerprint density at radius 1 is 1.56 bits per heavy atom. The molecule has 0 aliphatic carbocycles. The smallest absolute Gasteiger partial charge is 0.228 e. The van der Waals surface area contributed by atoms with E-state index in [1.807, 2.05) is 13.0 Å². The number of halogens is 2. The summed E-state index contributed by atoms with van der Waals surface area (Å²) in [4.78, 5) is 13.5. The molecule has 0 aromatic heterocycles. The van der Waals surface area contributed by atoms with Crippen LogP contribution in [0.4, 0.5) is 5.69 Å². The summed E-state index contributed by atoms with van der Waals surface area (Å²) in [5, 5.41) is 0.657. The van der Waals surface area contributed by atoms with Crippen molar-refractivity contribution in [2.24, 2.45) is 5.73 Å². The van der Waals surface area contributed by atoms with Gasteiger partial charge in [0.25, 0.3) is 0 Å². The van der Waals surface area contributed by atoms with E-state index in [-0.39, 0.29) is 11.9 Å². The van der Waals surface area contributed by atoms with Crippen molar-refractivity contribution in [1.82, 2.24) is 0 Å². The minimum Gasteiger partial charge on any atom is -0.326 e. The zero-order chi connectivity index (χ0) is 11.9. The van der Waals surface area contributed by atoms with E-state index in [1.165, 1.54) is 0 Å². The first-order valence-electron chi connectivity index (χ1n) is 5.00. The summed E-state index contributed by atoms with van der Waals surface area (Å²) in [6, 6.07) is 3.56. The lowest BCUT2D eigenvalue weighted by Gasteiger charge is -2.20. The van der Waals surface area contributed by atoms with Gasteiger partial charge >= 0.3 is 0 Å². The first-order chi connectivity index (χ1) is 7.49. The molecule has 1 heterocycles. The molecule has 1 atom stereocenters. The van der Waals surface area contributed by atoms with Crippen molar-refractivity contribution in [2.45, 2.75) is 19.4 Å². The molecule has 1 aliphatic heterocycles. The van der Waals surface area contributed by atoms with Crippen molar-refractivity contribution in [1.29, 1.82) is 0 Å². The van der Waals surface area contributed by atoms with Crippen LogP contribution in [-0.4, -0.2) is 18.5 Å². The van der Waals surface area contributed by atoms with Crippen molar-refractivity contribution in [3.63, 3.8) is 0 Å². The molecule has 1 saturated heterocycles. The van der Waals surface area contributed by atoms with E-state index in [0.29, 0.717) is 18.0 Å². The molecule has 0 radical (unpaired) electrons. The van der Waals surface area contributed by atoms with Gasteiger partial charge in [0.2, 0.25) is 5.91 Å². The van der Waals surface area contributed by atoms with Crippen LogP contribution in [0.5, 0.6) is 0 Å². The molecule has 1 aromatic rings. The summed E-state index contributed by atoms with van der Waals surface area (Å²) in [7, 11) is 0. The molecule has 1 amide bonds. The Hall–Kier alpha value is -0.580. The van der Waals surface area contributed by atoms with Gasteiger partial charge < -0.3 is 10.6 Å². The molecule has 0 saturated carbocycles. The van der Waals surface area contributed by atoms with Gasteiger partial charge in [0.15, 0.2) is 0 Å². The molecule has 16 heavy (non-hydrogen) atoms. The number of carbonyl (C=O) groups is 1. The molecule has 1 unspecified atom stereocenters. The van der Waals surface area contributed by atoms with Gasteiger partial charge in [-0.15, -0.1) is 0 Å². The van der Waals surface area contributed by atoms with Crippen LogP contribution < -0.4 is 10.6 Å². The Labute approximate surface area is 108 Å². The molecule has 2 N–H and O–H groups in total. The number of carbonyl (C=O) groups excluding carboxylic acids is 1. The third-order valence-corrected chi connectivity index (χ3v) is 3.47. The van der Waals surface area contributed by atoms with E-state index in [4.69, 9.17) is 17.3 Å². The molecule has 2 rings (SSSR count). The number of nitrogens with two attached hydrogens (primary N) is 1. The minimum absolute atomic E-state index is 0.0682. The third-order valence-electron chi connectivity index (χ3n) is 2.64. The van der Waals surface area contributed by atoms with Gasteiger partial charge in [-0.1, -0.05) is 11.6 Å². The number of hydrogen-bond donors (Lipinski definition) is 1. The highest BCUT2D eigenvalue weighted by atomic mass is 79.9. The van der Waals surface area contributed by atoms with Gasteiger partial charge in [0.05, 0.1) is 5.69 Å². The summed E-state index contributed by atoms with van der Waals surface area (Å²) in [5.41, 5.74) is 7.63. The third kappa shape index (κ3) is 2.10. The molecule has 1 aromatic carbocycles. The molecular formula is C11H12BrClN2O. The predicted octanol–water partition coefficient (Wildman–Crippen LogP) is 2.47. The monoisotopic (exact) mass is 302 g/mol. The average molecular weight is 304 g/mol. The minimum atomic E-state index is -0.0746. The Bertz CT molecular complexity index is 427. The van der Waals surface area contributed by atoms with E-state index < -0.39 is 0 Å². The zero-order valence-electron chi connectivity index (χ0n) is 8.84. The number of anilines is 1. The summed E-state index contributed by atoms with van der Waals surface area (Å²) in [6.45, 7) is 2.50. The van der Waals surface area contributed by atoms with Crippen molar-refractivity contribution >= 4 is 39.1 Å². The van der Waals surface area contributed by atoms with E-state index in [1.54, 1.807) is 11.0 Å². The Balaban J connectivity index is 2.44. The van der Waals surface area contributed by atoms with Crippen LogP contribution in [0.3, 0.4) is 0 Å². The molecule has 1 aliphatic rings. The molecule has 86 valence electrons. The Morgan fingerprint density at radius 3 is 2.75 bits per heavy atom. The number of amides is 1. The van der Waals surface area contributed by atoms with Crippen molar-refractivity contribution in [3.8, 4) is 0 Å². The Kier molecular flexibility index (Phi) is 3.24. The lowest BCUT2D eigenvalue weighted by molar-refractivity contribution is -0.117. The van der Waals surface area contributed by atoms with Crippen LogP contribution in [0.25, 0.3) is 0 Å². The van der Waals surface area contributed by atoms with E-state index in [0.717, 1.165) is 15.7 Å². The van der Waals surface area contributed by atoms with Gasteiger partial charge in [-0.25, -0.2) is 0 Å². The first-order valence-corrected chi connectivity index (χ1v) is 6.17. The zero-order valence-corrected chi connectivity index (χ0v) is 11.2. The molecule has 0 bridgehead atoms. The van der Waals surface area contributed by atoms with Crippen LogP contribution in [0.15, 0.2) is 16.6 Å². The van der Waals surface area contributed by atoms with Gasteiger partial charge in [0.1, 0.15) is 0 Å². The number of hydrogen-bond acceptors (Lipinski definition) is 2. The number of nitrogens with zero attached hydrogens (tertiary/aromatic N) is 1. The normalized spacial score (nSPS) is 20.6. The SMILES string of the molecule is Cc1cc(Cl)cc(Br)c1N1CC(N)CC1=O. The largest absolute Gasteiger partial charge is 0.326 e. The van der Waals surface area contributed by atoms with Crippen LogP contribution in [-0.2, 0) is 4.79 Å². The lowest BCUT2D eigenvalue weighted by atomic mass is 10.2. The fourth-order valence-corrected chi connectivity index (χ4v) is 3.17. The van der Waals surface area contributed by atoms with Gasteiger partial charge in [-0.05, 0) is 40.5 Å². The van der Waals surface area contributed by atoms with Gasteiger partial charge in [-0.2, -0.15) is 0 Å². The van der Waals surface area contributed by atoms with Crippen LogP contribution in [0.1, 0.15) is 12.0 Å². The van der Waals surface area contributed by atoms with Crippen LogP contribution >= 0.6 is 27.5 Å². The van der Waals surface area contributed by atoms with Crippen molar-refractivity contribution in [3.05, 3.63) is 27.2 Å². The fourth-order valence-electron chi connectivity index (χ4n) is 1.99. The average Bonchev–Trinajstić information content (AvgIpc) is 2.43. The second kappa shape index (κ2) is 4.35. The quantitative estimate of drug-likeness (QED) is 0.866. The van der Waals surface area contributed by atoms with E-state index in [9.17, 15) is 4.79 Å². The number of rotatable bonds is 1. The highest BCUT2D eigenvalue weighted by Gasteiger charge is 2.30. The first kappa shape index (κ1) is 11.9. The summed E-state index contributed by atoms with van der Waals surface area (Å²) in [6.07, 6.45) is 0.411. The summed E-state index contributed by atoms with van der Waals surface area (Å²) in [5.74, 6) is 0.0682. The Morgan fingerprint density at radius 2 is 2.25 bits per heavy atom. The van der Waals surface area contributed by atoms with Crippen molar-refractivity contribution in [2.75, 3.05) is 11.4 Å². The topological polar surface area (TPSA) is 46.3 Å². The highest BCUT2D eigenvalue weighted by Crippen LogP contribution is 2.35. The molecule has 3 nitrogen and oxygen atoms in total. The van der Waals surface area contributed by atoms with E-state index in [2.05, 4.69) is 15.9 Å². The van der Waals surface area contributed by atoms with Gasteiger partial charge in [-0.3, -0.25) is 4.79 Å². The van der Waals surface area contributed by atoms with Crippen molar-refractivity contribution < 1.29 is 4.79 Å². The standard InChI is InChI=1S/C11H12BrClN2O/c1-6-2-7(13)3-9(12)11(6)15-5-8(14)4-10(15)16/h2-3,8H,4-5,14H2,1H3. The van der Waals surface area contributed by atoms with Gasteiger partial charge in [0, 0.05) is 28.5 Å². The maximum atomic E-state index is 11.8. The number of aryl methyl sites for hydroxylation is 1. The van der Waals surface area contributed by atoms with Crippen LogP contribution in [0, 0.1) is 6.92 Å². The second-order valence-corrected chi connectivity index (χ2v) is 5.31.